The molecule has 0 radical (unpaired) electrons. The molecule has 0 bridgehead atoms. The standard InChI is InChI=1S/C21H26N4O/c1-15(2)16-9-5-6-10-17(16)23-21(26)14-25-19-12-8-7-11-18(19)22-20(25)13-24(3)4/h5-12,15H,13-14H2,1-4H3,(H,23,26). The molecule has 0 aliphatic heterocycles. The van der Waals surface area contributed by atoms with Crippen molar-refractivity contribution in [1.82, 2.24) is 14.5 Å². The minimum atomic E-state index is -0.0405. The van der Waals surface area contributed by atoms with Crippen LogP contribution in [0, 0.1) is 0 Å². The summed E-state index contributed by atoms with van der Waals surface area (Å²) in [6.45, 7) is 5.19. The smallest absolute Gasteiger partial charge is 0.244 e. The number of hydrogen-bond acceptors (Lipinski definition) is 3. The van der Waals surface area contributed by atoms with E-state index in [1.165, 1.54) is 0 Å². The minimum absolute atomic E-state index is 0.0405. The fourth-order valence-corrected chi connectivity index (χ4v) is 3.15. The van der Waals surface area contributed by atoms with E-state index in [0.717, 1.165) is 28.1 Å². The first-order chi connectivity index (χ1) is 12.5. The van der Waals surface area contributed by atoms with Crippen LogP contribution < -0.4 is 5.32 Å². The highest BCUT2D eigenvalue weighted by atomic mass is 16.1. The number of hydrogen-bond donors (Lipinski definition) is 1. The molecule has 0 saturated carbocycles. The molecule has 1 amide bonds. The van der Waals surface area contributed by atoms with Gasteiger partial charge in [0.05, 0.1) is 17.6 Å². The summed E-state index contributed by atoms with van der Waals surface area (Å²) in [4.78, 5) is 19.5. The van der Waals surface area contributed by atoms with Crippen molar-refractivity contribution in [2.24, 2.45) is 0 Å². The van der Waals surface area contributed by atoms with Crippen molar-refractivity contribution in [2.75, 3.05) is 19.4 Å². The Bertz CT molecular complexity index is 911. The van der Waals surface area contributed by atoms with Crippen molar-refractivity contribution in [3.05, 3.63) is 59.9 Å². The Balaban J connectivity index is 1.88. The van der Waals surface area contributed by atoms with E-state index in [1.807, 2.05) is 61.1 Å². The summed E-state index contributed by atoms with van der Waals surface area (Å²) in [5, 5.41) is 3.07. The van der Waals surface area contributed by atoms with Gasteiger partial charge in [-0.15, -0.1) is 0 Å². The van der Waals surface area contributed by atoms with E-state index in [2.05, 4.69) is 30.1 Å². The molecule has 0 atom stereocenters. The Kier molecular flexibility index (Phi) is 5.38. The molecule has 5 heteroatoms. The molecule has 3 aromatic rings. The molecule has 1 N–H and O–H groups in total. The molecule has 0 aliphatic carbocycles. The van der Waals surface area contributed by atoms with Gasteiger partial charge in [-0.3, -0.25) is 4.79 Å². The van der Waals surface area contributed by atoms with Gasteiger partial charge in [0.15, 0.2) is 0 Å². The summed E-state index contributed by atoms with van der Waals surface area (Å²) in [7, 11) is 4.01. The van der Waals surface area contributed by atoms with Gasteiger partial charge in [-0.2, -0.15) is 0 Å². The lowest BCUT2D eigenvalue weighted by Gasteiger charge is -2.15. The highest BCUT2D eigenvalue weighted by Crippen LogP contribution is 2.24. The molecule has 5 nitrogen and oxygen atoms in total. The summed E-state index contributed by atoms with van der Waals surface area (Å²) >= 11 is 0. The van der Waals surface area contributed by atoms with E-state index < -0.39 is 0 Å². The van der Waals surface area contributed by atoms with E-state index in [1.54, 1.807) is 0 Å². The van der Waals surface area contributed by atoms with E-state index in [0.29, 0.717) is 12.5 Å². The van der Waals surface area contributed by atoms with Gasteiger partial charge in [-0.05, 0) is 43.8 Å². The van der Waals surface area contributed by atoms with Crippen LogP contribution in [0.5, 0.6) is 0 Å². The first kappa shape index (κ1) is 18.1. The van der Waals surface area contributed by atoms with Crippen LogP contribution in [0.1, 0.15) is 31.2 Å². The van der Waals surface area contributed by atoms with Crippen LogP contribution in [0.15, 0.2) is 48.5 Å². The molecular formula is C21H26N4O. The minimum Gasteiger partial charge on any atom is -0.324 e. The average molecular weight is 350 g/mol. The number of imidazole rings is 1. The Labute approximate surface area is 154 Å². The van der Waals surface area contributed by atoms with E-state index in [4.69, 9.17) is 4.98 Å². The van der Waals surface area contributed by atoms with Crippen molar-refractivity contribution < 1.29 is 4.79 Å². The highest BCUT2D eigenvalue weighted by Gasteiger charge is 2.15. The van der Waals surface area contributed by atoms with Crippen LogP contribution in [0.3, 0.4) is 0 Å². The molecule has 1 heterocycles. The Morgan fingerprint density at radius 2 is 1.81 bits per heavy atom. The van der Waals surface area contributed by atoms with E-state index in [9.17, 15) is 4.79 Å². The number of amides is 1. The van der Waals surface area contributed by atoms with Gasteiger partial charge in [-0.1, -0.05) is 44.2 Å². The number of para-hydroxylation sites is 3. The average Bonchev–Trinajstić information content (AvgIpc) is 2.92. The van der Waals surface area contributed by atoms with Crippen molar-refractivity contribution in [3.8, 4) is 0 Å². The third kappa shape index (κ3) is 3.94. The normalized spacial score (nSPS) is 11.5. The molecule has 26 heavy (non-hydrogen) atoms. The lowest BCUT2D eigenvalue weighted by Crippen LogP contribution is -2.23. The molecule has 0 aliphatic rings. The molecule has 2 aromatic carbocycles. The number of benzene rings is 2. The topological polar surface area (TPSA) is 50.2 Å². The van der Waals surface area contributed by atoms with Crippen LogP contribution in [0.2, 0.25) is 0 Å². The van der Waals surface area contributed by atoms with Crippen LogP contribution in [0.4, 0.5) is 5.69 Å². The molecule has 0 spiro atoms. The molecule has 136 valence electrons. The SMILES string of the molecule is CC(C)c1ccccc1NC(=O)Cn1c(CN(C)C)nc2ccccc21. The van der Waals surface area contributed by atoms with Gasteiger partial charge in [0.1, 0.15) is 12.4 Å². The van der Waals surface area contributed by atoms with Gasteiger partial charge in [0, 0.05) is 5.69 Å². The van der Waals surface area contributed by atoms with Crippen LogP contribution >= 0.6 is 0 Å². The van der Waals surface area contributed by atoms with Gasteiger partial charge in [0.25, 0.3) is 0 Å². The van der Waals surface area contributed by atoms with E-state index in [-0.39, 0.29) is 12.5 Å². The summed E-state index contributed by atoms with van der Waals surface area (Å²) < 4.78 is 2.00. The Morgan fingerprint density at radius 3 is 2.54 bits per heavy atom. The maximum absolute atomic E-state index is 12.8. The zero-order chi connectivity index (χ0) is 18.7. The van der Waals surface area contributed by atoms with Gasteiger partial charge < -0.3 is 14.8 Å². The maximum atomic E-state index is 12.8. The van der Waals surface area contributed by atoms with Crippen molar-refractivity contribution in [1.29, 1.82) is 0 Å². The highest BCUT2D eigenvalue weighted by molar-refractivity contribution is 5.92. The number of aromatic nitrogens is 2. The second kappa shape index (κ2) is 7.70. The van der Waals surface area contributed by atoms with Gasteiger partial charge in [-0.25, -0.2) is 4.98 Å². The number of fused-ring (bicyclic) bond motifs is 1. The zero-order valence-electron chi connectivity index (χ0n) is 15.9. The summed E-state index contributed by atoms with van der Waals surface area (Å²) in [6.07, 6.45) is 0. The van der Waals surface area contributed by atoms with Crippen LogP contribution in [-0.4, -0.2) is 34.5 Å². The monoisotopic (exact) mass is 350 g/mol. The van der Waals surface area contributed by atoms with E-state index >= 15 is 0 Å². The van der Waals surface area contributed by atoms with Crippen molar-refractivity contribution in [2.45, 2.75) is 32.9 Å². The lowest BCUT2D eigenvalue weighted by atomic mass is 10.0. The molecule has 0 unspecified atom stereocenters. The fourth-order valence-electron chi connectivity index (χ4n) is 3.15. The lowest BCUT2D eigenvalue weighted by molar-refractivity contribution is -0.116. The first-order valence-corrected chi connectivity index (χ1v) is 8.93. The largest absolute Gasteiger partial charge is 0.324 e. The second-order valence-electron chi connectivity index (χ2n) is 7.13. The molecule has 1 aromatic heterocycles. The van der Waals surface area contributed by atoms with Crippen LogP contribution in [0.25, 0.3) is 11.0 Å². The second-order valence-corrected chi connectivity index (χ2v) is 7.13. The predicted octanol–water partition coefficient (Wildman–Crippen LogP) is 3.86. The molecule has 0 saturated heterocycles. The number of carbonyl (C=O) groups excluding carboxylic acids is 1. The fraction of sp³-hybridized carbons (Fsp3) is 0.333. The number of carbonyl (C=O) groups is 1. The summed E-state index contributed by atoms with van der Waals surface area (Å²) in [6, 6.07) is 15.9. The maximum Gasteiger partial charge on any atom is 0.244 e. The quantitative estimate of drug-likeness (QED) is 0.734. The van der Waals surface area contributed by atoms with Crippen molar-refractivity contribution in [3.63, 3.8) is 0 Å². The van der Waals surface area contributed by atoms with Gasteiger partial charge in [0.2, 0.25) is 5.91 Å². The van der Waals surface area contributed by atoms with Crippen molar-refractivity contribution >= 4 is 22.6 Å². The Hall–Kier alpha value is -2.66. The van der Waals surface area contributed by atoms with Crippen LogP contribution in [-0.2, 0) is 17.9 Å². The third-order valence-corrected chi connectivity index (χ3v) is 4.35. The predicted molar refractivity (Wildman–Crippen MR) is 106 cm³/mol. The number of rotatable bonds is 6. The number of nitrogens with zero attached hydrogens (tertiary/aromatic N) is 3. The Morgan fingerprint density at radius 1 is 1.12 bits per heavy atom. The number of nitrogens with one attached hydrogen (secondary N) is 1. The molecule has 0 fully saturated rings. The third-order valence-electron chi connectivity index (χ3n) is 4.35. The number of anilines is 1. The molecule has 3 rings (SSSR count). The van der Waals surface area contributed by atoms with Gasteiger partial charge >= 0.3 is 0 Å². The first-order valence-electron chi connectivity index (χ1n) is 8.93. The zero-order valence-corrected chi connectivity index (χ0v) is 15.9. The summed E-state index contributed by atoms with van der Waals surface area (Å²) in [5.74, 6) is 1.20. The summed E-state index contributed by atoms with van der Waals surface area (Å²) in [5.41, 5.74) is 3.92. The molecular weight excluding hydrogens is 324 g/mol.